The number of carbonyl (C=O) groups is 1. The number of hydrogen-bond donors (Lipinski definition) is 1. The molecule has 1 saturated carbocycles. The summed E-state index contributed by atoms with van der Waals surface area (Å²) in [6.07, 6.45) is 5.44. The van der Waals surface area contributed by atoms with Gasteiger partial charge in [-0.15, -0.1) is 0 Å². The van der Waals surface area contributed by atoms with Crippen molar-refractivity contribution in [1.82, 2.24) is 0 Å². The van der Waals surface area contributed by atoms with Crippen LogP contribution >= 0.6 is 0 Å². The summed E-state index contributed by atoms with van der Waals surface area (Å²) in [6, 6.07) is 0. The molecule has 2 fully saturated rings. The van der Waals surface area contributed by atoms with Gasteiger partial charge in [0.05, 0.1) is 12.2 Å². The lowest BCUT2D eigenvalue weighted by molar-refractivity contribution is -0.147. The summed E-state index contributed by atoms with van der Waals surface area (Å²) >= 11 is 0. The van der Waals surface area contributed by atoms with E-state index in [4.69, 9.17) is 9.84 Å². The molecule has 0 aromatic carbocycles. The van der Waals surface area contributed by atoms with Crippen LogP contribution in [0, 0.1) is 5.92 Å². The molecule has 92 valence electrons. The highest BCUT2D eigenvalue weighted by molar-refractivity contribution is 5.67. The fourth-order valence-corrected chi connectivity index (χ4v) is 2.59. The summed E-state index contributed by atoms with van der Waals surface area (Å²) in [5, 5.41) is 8.71. The van der Waals surface area contributed by atoms with Crippen LogP contribution in [0.5, 0.6) is 0 Å². The highest BCUT2D eigenvalue weighted by Crippen LogP contribution is 2.51. The van der Waals surface area contributed by atoms with E-state index in [1.165, 1.54) is 6.42 Å². The predicted octanol–water partition coefficient (Wildman–Crippen LogP) is 3.35. The number of carboxylic acids is 1. The Morgan fingerprint density at radius 2 is 2.19 bits per heavy atom. The van der Waals surface area contributed by atoms with Crippen molar-refractivity contribution in [1.29, 1.82) is 0 Å². The lowest BCUT2D eigenvalue weighted by Gasteiger charge is -2.45. The molecule has 1 aliphatic carbocycles. The summed E-state index contributed by atoms with van der Waals surface area (Å²) in [5.74, 6) is 0.306. The molecule has 0 aromatic rings. The largest absolute Gasteiger partial charge is 0.491 e. The van der Waals surface area contributed by atoms with Gasteiger partial charge in [0.25, 0.3) is 0 Å². The van der Waals surface area contributed by atoms with Crippen molar-refractivity contribution >= 4 is 5.97 Å². The number of aliphatic carboxylic acids is 1. The van der Waals surface area contributed by atoms with Crippen LogP contribution in [-0.2, 0) is 9.53 Å². The van der Waals surface area contributed by atoms with Gasteiger partial charge in [0.15, 0.2) is 0 Å². The van der Waals surface area contributed by atoms with Gasteiger partial charge in [-0.3, -0.25) is 4.79 Å². The summed E-state index contributed by atoms with van der Waals surface area (Å²) < 4.78 is 5.54. The molecule has 0 amide bonds. The summed E-state index contributed by atoms with van der Waals surface area (Å²) in [5.41, 5.74) is -0.143. The van der Waals surface area contributed by atoms with Crippen LogP contribution < -0.4 is 0 Å². The van der Waals surface area contributed by atoms with Crippen molar-refractivity contribution in [2.75, 3.05) is 0 Å². The van der Waals surface area contributed by atoms with Crippen LogP contribution in [-0.4, -0.2) is 16.7 Å². The standard InChI is InChI=1S/C10H14O3.C3H8/c1-7-6-10(13-7)4-2-3-8(10)5-9(11)12;1-3-2/h8H,1-6H2,(H,11,12);3H2,1-2H3. The first-order valence-electron chi connectivity index (χ1n) is 6.12. The zero-order valence-corrected chi connectivity index (χ0v) is 10.3. The first-order valence-corrected chi connectivity index (χ1v) is 6.12. The van der Waals surface area contributed by atoms with E-state index in [0.717, 1.165) is 31.4 Å². The zero-order valence-electron chi connectivity index (χ0n) is 10.3. The van der Waals surface area contributed by atoms with Crippen LogP contribution in [0.2, 0.25) is 0 Å². The highest BCUT2D eigenvalue weighted by Gasteiger charge is 2.51. The maximum absolute atomic E-state index is 10.6. The maximum Gasteiger partial charge on any atom is 0.303 e. The van der Waals surface area contributed by atoms with Crippen LogP contribution in [0.4, 0.5) is 0 Å². The third kappa shape index (κ3) is 2.77. The average Bonchev–Trinajstić information content (AvgIpc) is 2.49. The van der Waals surface area contributed by atoms with Gasteiger partial charge >= 0.3 is 5.97 Å². The smallest absolute Gasteiger partial charge is 0.303 e. The number of hydrogen-bond acceptors (Lipinski definition) is 2. The third-order valence-electron chi connectivity index (χ3n) is 3.16. The van der Waals surface area contributed by atoms with Crippen molar-refractivity contribution in [2.24, 2.45) is 5.92 Å². The molecule has 1 saturated heterocycles. The Hall–Kier alpha value is -0.990. The normalized spacial score (nSPS) is 31.4. The van der Waals surface area contributed by atoms with Gasteiger partial charge < -0.3 is 9.84 Å². The number of carboxylic acid groups (broad SMARTS) is 1. The minimum atomic E-state index is -0.715. The molecule has 2 rings (SSSR count). The molecule has 0 bridgehead atoms. The first-order chi connectivity index (χ1) is 7.54. The SMILES string of the molecule is C=C1CC2(CCCC2CC(=O)O)O1.CCC. The second kappa shape index (κ2) is 5.37. The van der Waals surface area contributed by atoms with Gasteiger partial charge in [0, 0.05) is 12.3 Å². The molecule has 3 heteroatoms. The van der Waals surface area contributed by atoms with Gasteiger partial charge in [-0.05, 0) is 19.3 Å². The highest BCUT2D eigenvalue weighted by atomic mass is 16.5. The third-order valence-corrected chi connectivity index (χ3v) is 3.16. The molecule has 1 heterocycles. The van der Waals surface area contributed by atoms with Crippen molar-refractivity contribution in [2.45, 2.75) is 58.0 Å². The van der Waals surface area contributed by atoms with Crippen molar-refractivity contribution in [3.63, 3.8) is 0 Å². The van der Waals surface area contributed by atoms with Crippen LogP contribution in [0.1, 0.15) is 52.4 Å². The molecule has 2 atom stereocenters. The van der Waals surface area contributed by atoms with Crippen LogP contribution in [0.25, 0.3) is 0 Å². The molecule has 1 spiro atoms. The molecule has 0 aromatic heterocycles. The summed E-state index contributed by atoms with van der Waals surface area (Å²) in [6.45, 7) is 7.97. The van der Waals surface area contributed by atoms with Crippen molar-refractivity contribution in [3.05, 3.63) is 12.3 Å². The van der Waals surface area contributed by atoms with Gasteiger partial charge in [0.2, 0.25) is 0 Å². The maximum atomic E-state index is 10.6. The fraction of sp³-hybridized carbons (Fsp3) is 0.769. The topological polar surface area (TPSA) is 46.5 Å². The Kier molecular flexibility index (Phi) is 4.39. The van der Waals surface area contributed by atoms with Crippen LogP contribution in [0.15, 0.2) is 12.3 Å². The summed E-state index contributed by atoms with van der Waals surface area (Å²) in [7, 11) is 0. The van der Waals surface area contributed by atoms with E-state index in [2.05, 4.69) is 20.4 Å². The quantitative estimate of drug-likeness (QED) is 0.785. The molecule has 1 N–H and O–H groups in total. The van der Waals surface area contributed by atoms with Gasteiger partial charge in [0.1, 0.15) is 5.60 Å². The Labute approximate surface area is 97.5 Å². The van der Waals surface area contributed by atoms with Crippen molar-refractivity contribution in [3.8, 4) is 0 Å². The van der Waals surface area contributed by atoms with Crippen molar-refractivity contribution < 1.29 is 14.6 Å². The first kappa shape index (κ1) is 13.1. The predicted molar refractivity (Wildman–Crippen MR) is 63.1 cm³/mol. The molecular weight excluding hydrogens is 204 g/mol. The lowest BCUT2D eigenvalue weighted by atomic mass is 9.81. The Balaban J connectivity index is 0.000000386. The van der Waals surface area contributed by atoms with E-state index in [1.807, 2.05) is 0 Å². The molecule has 2 aliphatic rings. The summed E-state index contributed by atoms with van der Waals surface area (Å²) in [4.78, 5) is 10.6. The lowest BCUT2D eigenvalue weighted by Crippen LogP contribution is -2.45. The molecule has 1 aliphatic heterocycles. The Morgan fingerprint density at radius 3 is 2.62 bits per heavy atom. The molecule has 2 unspecified atom stereocenters. The van der Waals surface area contributed by atoms with Gasteiger partial charge in [-0.25, -0.2) is 0 Å². The van der Waals surface area contributed by atoms with E-state index < -0.39 is 5.97 Å². The minimum Gasteiger partial charge on any atom is -0.491 e. The second-order valence-corrected chi connectivity index (χ2v) is 4.78. The molecule has 3 nitrogen and oxygen atoms in total. The van der Waals surface area contributed by atoms with Gasteiger partial charge in [-0.2, -0.15) is 0 Å². The van der Waals surface area contributed by atoms with Crippen LogP contribution in [0.3, 0.4) is 0 Å². The van der Waals surface area contributed by atoms with E-state index in [0.29, 0.717) is 0 Å². The second-order valence-electron chi connectivity index (χ2n) is 4.78. The fourth-order valence-electron chi connectivity index (χ4n) is 2.59. The number of ether oxygens (including phenoxy) is 1. The minimum absolute atomic E-state index is 0.143. The van der Waals surface area contributed by atoms with E-state index in [-0.39, 0.29) is 17.9 Å². The molecule has 0 radical (unpaired) electrons. The zero-order chi connectivity index (χ0) is 12.2. The monoisotopic (exact) mass is 226 g/mol. The van der Waals surface area contributed by atoms with E-state index >= 15 is 0 Å². The molecular formula is C13H22O3. The average molecular weight is 226 g/mol. The van der Waals surface area contributed by atoms with E-state index in [9.17, 15) is 4.79 Å². The van der Waals surface area contributed by atoms with E-state index in [1.54, 1.807) is 0 Å². The Morgan fingerprint density at radius 1 is 1.62 bits per heavy atom. The molecule has 16 heavy (non-hydrogen) atoms. The Bertz CT molecular complexity index is 262. The number of rotatable bonds is 2. The van der Waals surface area contributed by atoms with Gasteiger partial charge in [-0.1, -0.05) is 26.8 Å².